The first kappa shape index (κ1) is 15.2. The molecule has 0 unspecified atom stereocenters. The van der Waals surface area contributed by atoms with Gasteiger partial charge in [0.1, 0.15) is 11.6 Å². The standard InChI is InChI=1S/C16H16FN3O3/c1-23-10-4-5-11(14(17)7-10)12-8-20(9-13(12)16(21)22)15-3-2-6-18-19-15/h2-7,12-13H,8-9H2,1H3,(H,21,22)/t12-,13-/m0/s1. The van der Waals surface area contributed by atoms with Gasteiger partial charge in [-0.2, -0.15) is 5.10 Å². The van der Waals surface area contributed by atoms with E-state index < -0.39 is 23.6 Å². The van der Waals surface area contributed by atoms with Crippen LogP contribution in [0.5, 0.6) is 5.75 Å². The molecule has 1 aliphatic heterocycles. The first-order chi connectivity index (χ1) is 11.1. The Balaban J connectivity index is 1.92. The maximum absolute atomic E-state index is 14.3. The fourth-order valence-electron chi connectivity index (χ4n) is 2.95. The highest BCUT2D eigenvalue weighted by atomic mass is 19.1. The number of rotatable bonds is 4. The van der Waals surface area contributed by atoms with Gasteiger partial charge in [0.2, 0.25) is 0 Å². The maximum Gasteiger partial charge on any atom is 0.308 e. The molecular weight excluding hydrogens is 301 g/mol. The van der Waals surface area contributed by atoms with E-state index in [1.807, 2.05) is 4.90 Å². The second-order valence-electron chi connectivity index (χ2n) is 5.43. The van der Waals surface area contributed by atoms with Crippen molar-refractivity contribution < 1.29 is 19.0 Å². The summed E-state index contributed by atoms with van der Waals surface area (Å²) in [4.78, 5) is 13.4. The van der Waals surface area contributed by atoms with Crippen molar-refractivity contribution in [2.24, 2.45) is 5.92 Å². The molecule has 1 aliphatic rings. The van der Waals surface area contributed by atoms with E-state index in [1.54, 1.807) is 30.5 Å². The number of carboxylic acids is 1. The highest BCUT2D eigenvalue weighted by Crippen LogP contribution is 2.36. The highest BCUT2D eigenvalue weighted by molar-refractivity contribution is 5.74. The first-order valence-electron chi connectivity index (χ1n) is 7.19. The predicted octanol–water partition coefficient (Wildman–Crippen LogP) is 1.93. The number of aromatic nitrogens is 2. The van der Waals surface area contributed by atoms with Gasteiger partial charge >= 0.3 is 5.97 Å². The molecule has 2 heterocycles. The van der Waals surface area contributed by atoms with Crippen LogP contribution in [0, 0.1) is 11.7 Å². The molecule has 23 heavy (non-hydrogen) atoms. The Hall–Kier alpha value is -2.70. The van der Waals surface area contributed by atoms with Gasteiger partial charge in [-0.15, -0.1) is 5.10 Å². The normalized spacial score (nSPS) is 20.5. The average molecular weight is 317 g/mol. The van der Waals surface area contributed by atoms with Crippen LogP contribution in [0.25, 0.3) is 0 Å². The van der Waals surface area contributed by atoms with Crippen LogP contribution in [0.4, 0.5) is 10.2 Å². The summed E-state index contributed by atoms with van der Waals surface area (Å²) in [7, 11) is 1.46. The van der Waals surface area contributed by atoms with Gasteiger partial charge in [0.15, 0.2) is 5.82 Å². The molecule has 0 bridgehead atoms. The summed E-state index contributed by atoms with van der Waals surface area (Å²) >= 11 is 0. The number of nitrogens with zero attached hydrogens (tertiary/aromatic N) is 3. The number of hydrogen-bond donors (Lipinski definition) is 1. The molecule has 120 valence electrons. The van der Waals surface area contributed by atoms with Gasteiger partial charge in [0.05, 0.1) is 13.0 Å². The van der Waals surface area contributed by atoms with Gasteiger partial charge in [-0.3, -0.25) is 4.79 Å². The molecule has 2 atom stereocenters. The van der Waals surface area contributed by atoms with E-state index in [0.717, 1.165) is 0 Å². The third-order valence-corrected chi connectivity index (χ3v) is 4.13. The SMILES string of the molecule is COc1ccc([C@@H]2CN(c3cccnn3)C[C@@H]2C(=O)O)c(F)c1. The number of ether oxygens (including phenoxy) is 1. The van der Waals surface area contributed by atoms with Crippen LogP contribution < -0.4 is 9.64 Å². The number of carboxylic acid groups (broad SMARTS) is 1. The van der Waals surface area contributed by atoms with E-state index in [2.05, 4.69) is 10.2 Å². The van der Waals surface area contributed by atoms with Crippen molar-refractivity contribution in [3.05, 3.63) is 47.9 Å². The van der Waals surface area contributed by atoms with Gasteiger partial charge in [0, 0.05) is 31.3 Å². The van der Waals surface area contributed by atoms with Crippen molar-refractivity contribution in [1.82, 2.24) is 10.2 Å². The fourth-order valence-corrected chi connectivity index (χ4v) is 2.95. The second kappa shape index (κ2) is 6.20. The molecule has 0 spiro atoms. The van der Waals surface area contributed by atoms with Crippen LogP contribution in [0.1, 0.15) is 11.5 Å². The molecule has 1 N–H and O–H groups in total. The zero-order valence-corrected chi connectivity index (χ0v) is 12.5. The predicted molar refractivity (Wildman–Crippen MR) is 81.1 cm³/mol. The first-order valence-corrected chi connectivity index (χ1v) is 7.19. The zero-order valence-electron chi connectivity index (χ0n) is 12.5. The zero-order chi connectivity index (χ0) is 16.4. The van der Waals surface area contributed by atoms with Crippen LogP contribution in [0.15, 0.2) is 36.5 Å². The van der Waals surface area contributed by atoms with E-state index in [0.29, 0.717) is 23.7 Å². The molecule has 3 rings (SSSR count). The molecule has 6 nitrogen and oxygen atoms in total. The molecule has 0 radical (unpaired) electrons. The lowest BCUT2D eigenvalue weighted by Crippen LogP contribution is -2.23. The fraction of sp³-hybridized carbons (Fsp3) is 0.312. The molecule has 1 aromatic carbocycles. The Bertz CT molecular complexity index is 711. The third-order valence-electron chi connectivity index (χ3n) is 4.13. The minimum Gasteiger partial charge on any atom is -0.497 e. The summed E-state index contributed by atoms with van der Waals surface area (Å²) in [6.45, 7) is 0.642. The molecule has 0 saturated carbocycles. The van der Waals surface area contributed by atoms with Crippen molar-refractivity contribution in [3.8, 4) is 5.75 Å². The van der Waals surface area contributed by atoms with E-state index >= 15 is 0 Å². The van der Waals surface area contributed by atoms with Crippen molar-refractivity contribution in [3.63, 3.8) is 0 Å². The van der Waals surface area contributed by atoms with Crippen molar-refractivity contribution in [1.29, 1.82) is 0 Å². The number of aliphatic carboxylic acids is 1. The summed E-state index contributed by atoms with van der Waals surface area (Å²) in [5.74, 6) is -1.57. The lowest BCUT2D eigenvalue weighted by atomic mass is 9.88. The Labute approximate surface area is 132 Å². The highest BCUT2D eigenvalue weighted by Gasteiger charge is 2.40. The van der Waals surface area contributed by atoms with Gasteiger partial charge < -0.3 is 14.7 Å². The van der Waals surface area contributed by atoms with Gasteiger partial charge in [-0.05, 0) is 23.8 Å². The van der Waals surface area contributed by atoms with Crippen LogP contribution in [0.2, 0.25) is 0 Å². The number of benzene rings is 1. The molecule has 1 saturated heterocycles. The van der Waals surface area contributed by atoms with Gasteiger partial charge in [-0.25, -0.2) is 4.39 Å². The molecule has 7 heteroatoms. The lowest BCUT2D eigenvalue weighted by Gasteiger charge is -2.17. The number of halogens is 1. The van der Waals surface area contributed by atoms with E-state index in [1.165, 1.54) is 13.2 Å². The lowest BCUT2D eigenvalue weighted by molar-refractivity contribution is -0.141. The van der Waals surface area contributed by atoms with Crippen molar-refractivity contribution in [2.75, 3.05) is 25.1 Å². The number of methoxy groups -OCH3 is 1. The van der Waals surface area contributed by atoms with Crippen LogP contribution in [-0.2, 0) is 4.79 Å². The molecule has 0 amide bonds. The van der Waals surface area contributed by atoms with Crippen LogP contribution in [0.3, 0.4) is 0 Å². The van der Waals surface area contributed by atoms with Crippen LogP contribution in [-0.4, -0.2) is 41.5 Å². The van der Waals surface area contributed by atoms with Gasteiger partial charge in [-0.1, -0.05) is 6.07 Å². The molecule has 1 aromatic heterocycles. The average Bonchev–Trinajstić information content (AvgIpc) is 3.01. The van der Waals surface area contributed by atoms with Crippen LogP contribution >= 0.6 is 0 Å². The monoisotopic (exact) mass is 317 g/mol. The van der Waals surface area contributed by atoms with E-state index in [9.17, 15) is 14.3 Å². The summed E-state index contributed by atoms with van der Waals surface area (Å²) in [5.41, 5.74) is 0.379. The van der Waals surface area contributed by atoms with E-state index in [4.69, 9.17) is 4.74 Å². The topological polar surface area (TPSA) is 75.5 Å². The molecule has 1 fully saturated rings. The minimum atomic E-state index is -0.948. The molecular formula is C16H16FN3O3. The Morgan fingerprint density at radius 3 is 2.83 bits per heavy atom. The summed E-state index contributed by atoms with van der Waals surface area (Å²) in [6.07, 6.45) is 1.55. The number of carbonyl (C=O) groups is 1. The number of anilines is 1. The quantitative estimate of drug-likeness (QED) is 0.928. The maximum atomic E-state index is 14.3. The summed E-state index contributed by atoms with van der Waals surface area (Å²) < 4.78 is 19.3. The summed E-state index contributed by atoms with van der Waals surface area (Å²) in [6, 6.07) is 8.01. The number of hydrogen-bond acceptors (Lipinski definition) is 5. The van der Waals surface area contributed by atoms with Crippen molar-refractivity contribution >= 4 is 11.8 Å². The second-order valence-corrected chi connectivity index (χ2v) is 5.43. The van der Waals surface area contributed by atoms with Crippen molar-refractivity contribution in [2.45, 2.75) is 5.92 Å². The largest absolute Gasteiger partial charge is 0.497 e. The Morgan fingerprint density at radius 2 is 2.22 bits per heavy atom. The smallest absolute Gasteiger partial charge is 0.308 e. The summed E-state index contributed by atoms with van der Waals surface area (Å²) in [5, 5.41) is 17.3. The van der Waals surface area contributed by atoms with E-state index in [-0.39, 0.29) is 6.54 Å². The minimum absolute atomic E-state index is 0.268. The molecule has 0 aliphatic carbocycles. The Morgan fingerprint density at radius 1 is 1.39 bits per heavy atom. The molecule has 2 aromatic rings. The van der Waals surface area contributed by atoms with Gasteiger partial charge in [0.25, 0.3) is 0 Å². The Kier molecular flexibility index (Phi) is 4.10. The third kappa shape index (κ3) is 2.94.